The molecule has 6 atom stereocenters. The number of nitrogens with one attached hydrogen (secondary N) is 4. The Morgan fingerprint density at radius 3 is 2.24 bits per heavy atom. The van der Waals surface area contributed by atoms with Gasteiger partial charge in [-0.05, 0) is 75.8 Å². The van der Waals surface area contributed by atoms with Gasteiger partial charge in [-0.3, -0.25) is 19.3 Å². The maximum absolute atomic E-state index is 13.9. The summed E-state index contributed by atoms with van der Waals surface area (Å²) in [6.07, 6.45) is 6.76. The van der Waals surface area contributed by atoms with Crippen molar-refractivity contribution in [2.45, 2.75) is 127 Å². The van der Waals surface area contributed by atoms with Crippen LogP contribution in [-0.2, 0) is 14.4 Å². The Bertz CT molecular complexity index is 1130. The molecule has 0 spiro atoms. The quantitative estimate of drug-likeness (QED) is 0.208. The third-order valence-electron chi connectivity index (χ3n) is 9.25. The summed E-state index contributed by atoms with van der Waals surface area (Å²) in [6, 6.07) is 8.64. The summed E-state index contributed by atoms with van der Waals surface area (Å²) in [6.45, 7) is 13.0. The van der Waals surface area contributed by atoms with E-state index in [9.17, 15) is 19.5 Å². The number of aliphatic hydroxyl groups excluding tert-OH is 1. The zero-order chi connectivity index (χ0) is 32.8. The number of benzene rings is 1. The Kier molecular flexibility index (Phi) is 12.4. The second-order valence-corrected chi connectivity index (χ2v) is 16.7. The molecule has 0 aromatic heterocycles. The minimum atomic E-state index is -0.914. The van der Waals surface area contributed by atoms with Crippen molar-refractivity contribution < 1.29 is 19.5 Å². The predicted octanol–water partition coefficient (Wildman–Crippen LogP) is 3.70. The molecule has 0 bridgehead atoms. The van der Waals surface area contributed by atoms with Gasteiger partial charge in [0.05, 0.1) is 24.7 Å². The summed E-state index contributed by atoms with van der Waals surface area (Å²) < 4.78 is 0. The summed E-state index contributed by atoms with van der Waals surface area (Å²) in [5.41, 5.74) is -0.894. The monoisotopic (exact) mass is 643 g/mol. The topological polar surface area (TPSA) is 123 Å². The first-order valence-corrected chi connectivity index (χ1v) is 17.9. The number of fused-ring (bicyclic) bond motifs is 1. The van der Waals surface area contributed by atoms with Crippen LogP contribution >= 0.6 is 11.8 Å². The highest BCUT2D eigenvalue weighted by molar-refractivity contribution is 7.99. The van der Waals surface area contributed by atoms with Gasteiger partial charge in [0, 0.05) is 35.3 Å². The molecule has 3 amide bonds. The van der Waals surface area contributed by atoms with Gasteiger partial charge >= 0.3 is 0 Å². The molecule has 4 rings (SSSR count). The number of nitrogens with zero attached hydrogens (tertiary/aromatic N) is 1. The van der Waals surface area contributed by atoms with E-state index in [1.807, 2.05) is 71.9 Å². The van der Waals surface area contributed by atoms with Crippen LogP contribution in [0.4, 0.5) is 0 Å². The molecule has 1 aromatic rings. The van der Waals surface area contributed by atoms with E-state index < -0.39 is 23.6 Å². The molecule has 1 aliphatic heterocycles. The van der Waals surface area contributed by atoms with E-state index in [-0.39, 0.29) is 42.4 Å². The number of β-amino-alcohol motifs (C(OH)–C–C–N with tert-alkyl or cyclic N) is 1. The van der Waals surface area contributed by atoms with E-state index in [4.69, 9.17) is 0 Å². The molecule has 1 heterocycles. The first-order valence-electron chi connectivity index (χ1n) is 16.9. The lowest BCUT2D eigenvalue weighted by atomic mass is 9.72. The zero-order valence-corrected chi connectivity index (χ0v) is 29.1. The average Bonchev–Trinajstić information content (AvgIpc) is 3.80. The van der Waals surface area contributed by atoms with Crippen LogP contribution in [0, 0.1) is 17.3 Å². The van der Waals surface area contributed by atoms with Gasteiger partial charge in [-0.1, -0.05) is 58.2 Å². The van der Waals surface area contributed by atoms with Gasteiger partial charge in [0.1, 0.15) is 6.04 Å². The third-order valence-corrected chi connectivity index (χ3v) is 10.4. The molecule has 0 radical (unpaired) electrons. The lowest BCUT2D eigenvalue weighted by molar-refractivity contribution is -0.134. The van der Waals surface area contributed by atoms with Crippen molar-refractivity contribution in [1.29, 1.82) is 0 Å². The SMILES string of the molecule is CC(C)(C)NC(=O)[C@@H]1C[C@@H]2CCCC[C@@H]2CN1C[C@@H](O)[C@H](CSc1ccccc1)NC(=O)[C@@H](NC(=O)CNC1CC1)C(C)(C)C. The fourth-order valence-electron chi connectivity index (χ4n) is 6.62. The maximum atomic E-state index is 13.9. The molecule has 252 valence electrons. The van der Waals surface area contributed by atoms with Gasteiger partial charge in [-0.2, -0.15) is 0 Å². The average molecular weight is 644 g/mol. The number of carbonyl (C=O) groups is 3. The highest BCUT2D eigenvalue weighted by Gasteiger charge is 2.42. The van der Waals surface area contributed by atoms with Crippen LogP contribution in [0.1, 0.15) is 86.5 Å². The van der Waals surface area contributed by atoms with Crippen LogP contribution in [0.5, 0.6) is 0 Å². The molecule has 2 aliphatic carbocycles. The van der Waals surface area contributed by atoms with Gasteiger partial charge < -0.3 is 26.4 Å². The highest BCUT2D eigenvalue weighted by Crippen LogP contribution is 2.39. The Balaban J connectivity index is 1.50. The van der Waals surface area contributed by atoms with E-state index in [1.54, 1.807) is 11.8 Å². The first-order chi connectivity index (χ1) is 21.2. The molecule has 3 fully saturated rings. The number of aliphatic hydroxyl groups is 1. The summed E-state index contributed by atoms with van der Waals surface area (Å²) in [7, 11) is 0. The third kappa shape index (κ3) is 11.3. The molecule has 0 unspecified atom stereocenters. The van der Waals surface area contributed by atoms with E-state index in [0.717, 1.165) is 43.5 Å². The van der Waals surface area contributed by atoms with Gasteiger partial charge in [-0.25, -0.2) is 0 Å². The van der Waals surface area contributed by atoms with E-state index in [0.29, 0.717) is 23.6 Å². The summed E-state index contributed by atoms with van der Waals surface area (Å²) in [5.74, 6) is 0.972. The van der Waals surface area contributed by atoms with Crippen molar-refractivity contribution >= 4 is 29.5 Å². The number of amides is 3. The van der Waals surface area contributed by atoms with Crippen LogP contribution in [0.3, 0.4) is 0 Å². The zero-order valence-electron chi connectivity index (χ0n) is 28.2. The molecule has 3 aliphatic rings. The van der Waals surface area contributed by atoms with Crippen molar-refractivity contribution in [3.63, 3.8) is 0 Å². The second kappa shape index (κ2) is 15.6. The highest BCUT2D eigenvalue weighted by atomic mass is 32.2. The molecule has 10 heteroatoms. The Morgan fingerprint density at radius 2 is 1.62 bits per heavy atom. The maximum Gasteiger partial charge on any atom is 0.243 e. The number of hydrogen-bond donors (Lipinski definition) is 5. The van der Waals surface area contributed by atoms with Crippen LogP contribution < -0.4 is 21.3 Å². The first kappa shape index (κ1) is 35.7. The van der Waals surface area contributed by atoms with Crippen LogP contribution in [0.2, 0.25) is 0 Å². The van der Waals surface area contributed by atoms with Crippen LogP contribution in [0.15, 0.2) is 35.2 Å². The van der Waals surface area contributed by atoms with Gasteiger partial charge in [0.15, 0.2) is 0 Å². The Morgan fingerprint density at radius 1 is 0.956 bits per heavy atom. The molecule has 2 saturated carbocycles. The largest absolute Gasteiger partial charge is 0.390 e. The molecule has 1 aromatic carbocycles. The van der Waals surface area contributed by atoms with Crippen LogP contribution in [0.25, 0.3) is 0 Å². The summed E-state index contributed by atoms with van der Waals surface area (Å²) in [4.78, 5) is 43.5. The Hall–Kier alpha value is -2.14. The molecule has 9 nitrogen and oxygen atoms in total. The van der Waals surface area contributed by atoms with Crippen molar-refractivity contribution in [2.75, 3.05) is 25.4 Å². The number of thioether (sulfide) groups is 1. The number of piperidine rings is 1. The smallest absolute Gasteiger partial charge is 0.243 e. The summed E-state index contributed by atoms with van der Waals surface area (Å²) in [5, 5.41) is 24.3. The van der Waals surface area contributed by atoms with Crippen molar-refractivity contribution in [3.8, 4) is 0 Å². The van der Waals surface area contributed by atoms with E-state index >= 15 is 0 Å². The van der Waals surface area contributed by atoms with E-state index in [1.165, 1.54) is 12.8 Å². The van der Waals surface area contributed by atoms with Gasteiger partial charge in [0.2, 0.25) is 17.7 Å². The molecule has 45 heavy (non-hydrogen) atoms. The van der Waals surface area contributed by atoms with Crippen molar-refractivity contribution in [1.82, 2.24) is 26.2 Å². The van der Waals surface area contributed by atoms with Crippen molar-refractivity contribution in [2.24, 2.45) is 17.3 Å². The second-order valence-electron chi connectivity index (χ2n) is 15.6. The minimum Gasteiger partial charge on any atom is -0.390 e. The number of rotatable bonds is 13. The van der Waals surface area contributed by atoms with Gasteiger partial charge in [0.25, 0.3) is 0 Å². The lowest BCUT2D eigenvalue weighted by Gasteiger charge is -2.47. The number of hydrogen-bond acceptors (Lipinski definition) is 7. The number of likely N-dealkylation sites (tertiary alicyclic amines) is 1. The Labute approximate surface area is 274 Å². The molecule has 5 N–H and O–H groups in total. The normalized spacial score (nSPS) is 24.6. The predicted molar refractivity (Wildman–Crippen MR) is 181 cm³/mol. The van der Waals surface area contributed by atoms with Crippen LogP contribution in [-0.4, -0.2) is 88.9 Å². The van der Waals surface area contributed by atoms with E-state index in [2.05, 4.69) is 26.2 Å². The van der Waals surface area contributed by atoms with Gasteiger partial charge in [-0.15, -0.1) is 11.8 Å². The fourth-order valence-corrected chi connectivity index (χ4v) is 7.65. The van der Waals surface area contributed by atoms with Crippen molar-refractivity contribution in [3.05, 3.63) is 30.3 Å². The molecule has 1 saturated heterocycles. The standard InChI is InChI=1S/C35H57N5O4S/c1-34(2,3)31(38-30(42)19-36-25-16-17-25)33(44)37-27(22-45-26-14-8-7-9-15-26)29(41)21-40-20-24-13-11-10-12-23(24)18-28(40)32(43)39-35(4,5)6/h7-9,14-15,23-25,27-29,31,36,41H,10-13,16-22H2,1-6H3,(H,37,44)(H,38,42)(H,39,43)/t23-,24+,27-,28-,29+,31+/m0/s1. The molecular formula is C35H57N5O4S. The summed E-state index contributed by atoms with van der Waals surface area (Å²) >= 11 is 1.58. The minimum absolute atomic E-state index is 0.00767. The number of carbonyl (C=O) groups excluding carboxylic acids is 3. The molecular weight excluding hydrogens is 586 g/mol. The lowest BCUT2D eigenvalue weighted by Crippen LogP contribution is -2.62. The fraction of sp³-hybridized carbons (Fsp3) is 0.743.